The molecule has 8 rings (SSSR count). The molecule has 0 aliphatic heterocycles. The van der Waals surface area contributed by atoms with Crippen molar-refractivity contribution in [3.05, 3.63) is 77.6 Å². The number of benzene rings is 2. The van der Waals surface area contributed by atoms with Crippen LogP contribution >= 0.6 is 0 Å². The minimum atomic E-state index is -1.55. The van der Waals surface area contributed by atoms with Gasteiger partial charge in [0.15, 0.2) is 6.61 Å². The second-order valence-corrected chi connectivity index (χ2v) is 14.1. The van der Waals surface area contributed by atoms with Crippen LogP contribution in [-0.4, -0.2) is 53.6 Å². The number of ether oxygens (including phenoxy) is 1. The number of aliphatic hydroxyl groups is 2. The summed E-state index contributed by atoms with van der Waals surface area (Å²) in [6.45, 7) is 4.11. The van der Waals surface area contributed by atoms with Gasteiger partial charge in [0.1, 0.15) is 5.60 Å². The molecule has 2 aromatic carbocycles. The van der Waals surface area contributed by atoms with Crippen molar-refractivity contribution in [2.45, 2.75) is 64.1 Å². The van der Waals surface area contributed by atoms with Crippen LogP contribution in [-0.2, 0) is 18.3 Å². The van der Waals surface area contributed by atoms with Gasteiger partial charge in [-0.2, -0.15) is 10.1 Å². The Bertz CT molecular complexity index is 1810. The minimum absolute atomic E-state index is 0.0579. The molecular formula is C36H40N4O4. The van der Waals surface area contributed by atoms with E-state index in [4.69, 9.17) is 9.84 Å². The number of nitrogens with zero attached hydrogens (tertiary/aromatic N) is 4. The molecule has 2 aromatic heterocycles. The van der Waals surface area contributed by atoms with Gasteiger partial charge in [-0.05, 0) is 97.6 Å². The zero-order chi connectivity index (χ0) is 30.4. The predicted octanol–water partition coefficient (Wildman–Crippen LogP) is 5.29. The molecule has 4 aliphatic rings. The largest absolute Gasteiger partial charge is 0.457 e. The fraction of sp³-hybridized carbons (Fsp3) is 0.472. The number of aromatic nitrogens is 4. The molecule has 2 heterocycles. The van der Waals surface area contributed by atoms with Gasteiger partial charge in [-0.25, -0.2) is 4.68 Å². The number of ketones is 1. The Labute approximate surface area is 257 Å². The summed E-state index contributed by atoms with van der Waals surface area (Å²) < 4.78 is 9.79. The molecule has 228 valence electrons. The van der Waals surface area contributed by atoms with E-state index in [1.807, 2.05) is 71.9 Å². The van der Waals surface area contributed by atoms with Crippen LogP contribution in [0.2, 0.25) is 0 Å². The highest BCUT2D eigenvalue weighted by atomic mass is 16.5. The average molecular weight is 593 g/mol. The zero-order valence-electron chi connectivity index (χ0n) is 25.6. The highest BCUT2D eigenvalue weighted by Crippen LogP contribution is 2.67. The van der Waals surface area contributed by atoms with Gasteiger partial charge in [0.05, 0.1) is 34.7 Å². The normalized spacial score (nSPS) is 34.1. The van der Waals surface area contributed by atoms with E-state index in [0.29, 0.717) is 18.9 Å². The maximum absolute atomic E-state index is 13.8. The summed E-state index contributed by atoms with van der Waals surface area (Å²) in [5.41, 5.74) is 4.01. The van der Waals surface area contributed by atoms with Gasteiger partial charge in [0.25, 0.3) is 6.01 Å². The van der Waals surface area contributed by atoms with E-state index in [0.717, 1.165) is 48.1 Å². The van der Waals surface area contributed by atoms with Crippen molar-refractivity contribution in [1.82, 2.24) is 19.3 Å². The van der Waals surface area contributed by atoms with Gasteiger partial charge in [-0.1, -0.05) is 49.8 Å². The molecule has 2 N–H and O–H groups in total. The van der Waals surface area contributed by atoms with Crippen LogP contribution in [0.15, 0.2) is 66.4 Å². The van der Waals surface area contributed by atoms with Crippen molar-refractivity contribution in [3.8, 4) is 11.7 Å². The first-order chi connectivity index (χ1) is 21.1. The van der Waals surface area contributed by atoms with Crippen molar-refractivity contribution < 1.29 is 19.7 Å². The van der Waals surface area contributed by atoms with E-state index < -0.39 is 17.1 Å². The molecule has 0 amide bonds. The lowest BCUT2D eigenvalue weighted by atomic mass is 9.45. The molecule has 3 fully saturated rings. The van der Waals surface area contributed by atoms with Gasteiger partial charge < -0.3 is 14.9 Å². The standard InChI is InChI=1S/C36H40N4O4/c1-34-18-22-20-37-40(24-9-5-4-6-10-24)29(22)17-23(34)13-14-25-26-15-16-36(43,35(26,2)19-30(41)32(25)34)31(42)21-44-33-38-27-11-7-8-12-28(27)39(33)3/h4-12,17,20,25-26,30,32,41,43H,13-16,18-19,21H2,1-3H3/t25?,26?,30?,32?,34?,35?,36-/m0/s1. The summed E-state index contributed by atoms with van der Waals surface area (Å²) >= 11 is 0. The Morgan fingerprint density at radius 1 is 1.09 bits per heavy atom. The summed E-state index contributed by atoms with van der Waals surface area (Å²) in [7, 11) is 1.86. The summed E-state index contributed by atoms with van der Waals surface area (Å²) in [6.07, 6.45) is 7.96. The van der Waals surface area contributed by atoms with Crippen LogP contribution in [0, 0.1) is 28.6 Å². The lowest BCUT2D eigenvalue weighted by Gasteiger charge is -2.60. The van der Waals surface area contributed by atoms with E-state index in [1.165, 1.54) is 11.1 Å². The van der Waals surface area contributed by atoms with Gasteiger partial charge in [-0.3, -0.25) is 9.36 Å². The quantitative estimate of drug-likeness (QED) is 0.327. The molecule has 8 heteroatoms. The van der Waals surface area contributed by atoms with E-state index in [9.17, 15) is 15.0 Å². The van der Waals surface area contributed by atoms with Crippen LogP contribution in [0.1, 0.15) is 57.2 Å². The molecule has 0 saturated heterocycles. The number of hydrogen-bond donors (Lipinski definition) is 2. The van der Waals surface area contributed by atoms with Crippen LogP contribution in [0.4, 0.5) is 0 Å². The van der Waals surface area contributed by atoms with Gasteiger partial charge >= 0.3 is 0 Å². The second-order valence-electron chi connectivity index (χ2n) is 14.1. The number of imidazole rings is 1. The number of hydrogen-bond acceptors (Lipinski definition) is 6. The number of fused-ring (bicyclic) bond motifs is 7. The maximum atomic E-state index is 13.8. The Kier molecular flexibility index (Phi) is 6.07. The minimum Gasteiger partial charge on any atom is -0.457 e. The van der Waals surface area contributed by atoms with Crippen LogP contribution in [0.5, 0.6) is 6.01 Å². The third-order valence-corrected chi connectivity index (χ3v) is 12.1. The smallest absolute Gasteiger partial charge is 0.297 e. The van der Waals surface area contributed by atoms with Crippen LogP contribution < -0.4 is 4.74 Å². The number of aryl methyl sites for hydroxylation is 1. The van der Waals surface area contributed by atoms with E-state index in [1.54, 1.807) is 0 Å². The third-order valence-electron chi connectivity index (χ3n) is 12.1. The SMILES string of the molecule is Cn1c(OCC(=O)[C@@]2(O)CCC3C4CCC5=Cc6c(cnn6-c6ccccc6)CC5(C)C4C(O)CC32C)nc2ccccc21. The summed E-state index contributed by atoms with van der Waals surface area (Å²) in [5, 5.41) is 28.9. The van der Waals surface area contributed by atoms with Crippen molar-refractivity contribution in [2.24, 2.45) is 35.6 Å². The predicted molar refractivity (Wildman–Crippen MR) is 167 cm³/mol. The van der Waals surface area contributed by atoms with Gasteiger partial charge in [-0.15, -0.1) is 0 Å². The third kappa shape index (κ3) is 3.73. The highest BCUT2D eigenvalue weighted by molar-refractivity contribution is 5.90. The lowest BCUT2D eigenvalue weighted by Crippen LogP contribution is -2.62. The number of para-hydroxylation sites is 3. The molecule has 0 radical (unpaired) electrons. The topological polar surface area (TPSA) is 102 Å². The van der Waals surface area contributed by atoms with E-state index in [-0.39, 0.29) is 35.6 Å². The van der Waals surface area contributed by atoms with Gasteiger partial charge in [0.2, 0.25) is 5.78 Å². The average Bonchev–Trinajstić information content (AvgIpc) is 3.66. The molecule has 6 unspecified atom stereocenters. The first kappa shape index (κ1) is 27.8. The van der Waals surface area contributed by atoms with Crippen molar-refractivity contribution in [1.29, 1.82) is 0 Å². The molecule has 0 bridgehead atoms. The Morgan fingerprint density at radius 3 is 2.66 bits per heavy atom. The fourth-order valence-electron chi connectivity index (χ4n) is 9.92. The molecule has 44 heavy (non-hydrogen) atoms. The fourth-order valence-corrected chi connectivity index (χ4v) is 9.92. The number of carbonyl (C=O) groups is 1. The number of allylic oxidation sites excluding steroid dienone is 1. The van der Waals surface area contributed by atoms with Crippen LogP contribution in [0.25, 0.3) is 22.8 Å². The second kappa shape index (κ2) is 9.62. The molecule has 4 aromatic rings. The molecule has 7 atom stereocenters. The number of carbonyl (C=O) groups excluding carboxylic acids is 1. The number of Topliss-reactive ketones (excluding diaryl/α,β-unsaturated/α-hetero) is 1. The molecule has 4 aliphatic carbocycles. The molecular weight excluding hydrogens is 552 g/mol. The number of rotatable bonds is 5. The maximum Gasteiger partial charge on any atom is 0.297 e. The summed E-state index contributed by atoms with van der Waals surface area (Å²) in [4.78, 5) is 18.4. The van der Waals surface area contributed by atoms with E-state index in [2.05, 4.69) is 30.1 Å². The Morgan fingerprint density at radius 2 is 1.86 bits per heavy atom. The van der Waals surface area contributed by atoms with Gasteiger partial charge in [0, 0.05) is 12.5 Å². The zero-order valence-corrected chi connectivity index (χ0v) is 25.6. The van der Waals surface area contributed by atoms with Crippen molar-refractivity contribution in [3.63, 3.8) is 0 Å². The van der Waals surface area contributed by atoms with E-state index >= 15 is 0 Å². The number of aliphatic hydroxyl groups excluding tert-OH is 1. The molecule has 0 spiro atoms. The van der Waals surface area contributed by atoms with Crippen molar-refractivity contribution >= 4 is 22.9 Å². The molecule has 3 saturated carbocycles. The molecule has 8 nitrogen and oxygen atoms in total. The van der Waals surface area contributed by atoms with Crippen molar-refractivity contribution in [2.75, 3.05) is 6.61 Å². The van der Waals surface area contributed by atoms with Crippen LogP contribution in [0.3, 0.4) is 0 Å². The Hall–Kier alpha value is -3.75. The summed E-state index contributed by atoms with van der Waals surface area (Å²) in [6, 6.07) is 18.3. The first-order valence-electron chi connectivity index (χ1n) is 16.0. The first-order valence-corrected chi connectivity index (χ1v) is 16.0. The summed E-state index contributed by atoms with van der Waals surface area (Å²) in [5.74, 6) is 0.104. The Balaban J connectivity index is 1.05. The highest BCUT2D eigenvalue weighted by Gasteiger charge is 2.68. The monoisotopic (exact) mass is 592 g/mol. The lowest BCUT2D eigenvalue weighted by molar-refractivity contribution is -0.180.